The summed E-state index contributed by atoms with van der Waals surface area (Å²) >= 11 is 0. The molecule has 9 heteroatoms. The minimum absolute atomic E-state index is 0.00672. The molecule has 36 heavy (non-hydrogen) atoms. The molecule has 1 saturated heterocycles. The van der Waals surface area contributed by atoms with Gasteiger partial charge in [-0.25, -0.2) is 4.39 Å². The van der Waals surface area contributed by atoms with Crippen molar-refractivity contribution in [1.29, 1.82) is 0 Å². The van der Waals surface area contributed by atoms with Gasteiger partial charge in [0.15, 0.2) is 11.5 Å². The second-order valence-corrected chi connectivity index (χ2v) is 9.20. The van der Waals surface area contributed by atoms with Crippen molar-refractivity contribution in [2.75, 3.05) is 46.5 Å². The summed E-state index contributed by atoms with van der Waals surface area (Å²) in [5.41, 5.74) is 0.694. The summed E-state index contributed by atoms with van der Waals surface area (Å²) in [4.78, 5) is 27.6. The lowest BCUT2D eigenvalue weighted by Gasteiger charge is -2.25. The highest BCUT2D eigenvalue weighted by Crippen LogP contribution is 2.34. The van der Waals surface area contributed by atoms with Crippen LogP contribution in [0, 0.1) is 11.7 Å². The third-order valence-electron chi connectivity index (χ3n) is 6.54. The van der Waals surface area contributed by atoms with Crippen molar-refractivity contribution < 1.29 is 28.2 Å². The van der Waals surface area contributed by atoms with Crippen molar-refractivity contribution in [2.45, 2.75) is 32.2 Å². The maximum Gasteiger partial charge on any atom is 0.251 e. The normalized spacial score (nSPS) is 20.3. The van der Waals surface area contributed by atoms with Crippen LogP contribution in [0.2, 0.25) is 0 Å². The molecule has 8 nitrogen and oxygen atoms in total. The van der Waals surface area contributed by atoms with Crippen LogP contribution in [0.25, 0.3) is 0 Å². The fraction of sp³-hybridized carbons (Fsp3) is 0.481. The van der Waals surface area contributed by atoms with E-state index >= 15 is 0 Å². The lowest BCUT2D eigenvalue weighted by Crippen LogP contribution is -2.35. The van der Waals surface area contributed by atoms with Gasteiger partial charge >= 0.3 is 0 Å². The Morgan fingerprint density at radius 3 is 2.78 bits per heavy atom. The largest absolute Gasteiger partial charge is 0.493 e. The maximum absolute atomic E-state index is 14.7. The third kappa shape index (κ3) is 6.95. The first kappa shape index (κ1) is 25.9. The van der Waals surface area contributed by atoms with E-state index in [2.05, 4.69) is 15.5 Å². The molecule has 194 valence electrons. The summed E-state index contributed by atoms with van der Waals surface area (Å²) < 4.78 is 31.6. The van der Waals surface area contributed by atoms with E-state index in [1.807, 2.05) is 0 Å². The quantitative estimate of drug-likeness (QED) is 0.672. The number of fused-ring (bicyclic) bond motifs is 13. The Morgan fingerprint density at radius 1 is 1.11 bits per heavy atom. The molecule has 3 aliphatic rings. The van der Waals surface area contributed by atoms with E-state index in [9.17, 15) is 14.0 Å². The van der Waals surface area contributed by atoms with E-state index in [0.29, 0.717) is 42.4 Å². The summed E-state index contributed by atoms with van der Waals surface area (Å²) in [5, 5.41) is 5.80. The molecule has 3 heterocycles. The monoisotopic (exact) mass is 499 g/mol. The minimum atomic E-state index is -0.474. The molecular weight excluding hydrogens is 465 g/mol. The zero-order valence-corrected chi connectivity index (χ0v) is 20.7. The van der Waals surface area contributed by atoms with Gasteiger partial charge in [-0.2, -0.15) is 0 Å². The van der Waals surface area contributed by atoms with Gasteiger partial charge in [-0.05, 0) is 68.6 Å². The van der Waals surface area contributed by atoms with E-state index < -0.39 is 5.82 Å². The number of carbonyl (C=O) groups is 2. The van der Waals surface area contributed by atoms with Crippen molar-refractivity contribution in [3.05, 3.63) is 53.3 Å². The SMILES string of the molecule is COc1cc2ccc1Oc1cccc(F)c1CNC(=O)CCCN(CC1CCOC1)CCCNC2=O. The lowest BCUT2D eigenvalue weighted by atomic mass is 10.1. The number of carbonyl (C=O) groups excluding carboxylic acids is 2. The number of rotatable bonds is 3. The van der Waals surface area contributed by atoms with Gasteiger partial charge in [-0.3, -0.25) is 9.59 Å². The Balaban J connectivity index is 1.54. The number of amides is 2. The molecule has 0 spiro atoms. The molecule has 2 aromatic rings. The van der Waals surface area contributed by atoms with E-state index in [-0.39, 0.29) is 29.7 Å². The van der Waals surface area contributed by atoms with Crippen LogP contribution in [-0.2, 0) is 16.1 Å². The van der Waals surface area contributed by atoms with E-state index in [1.54, 1.807) is 30.3 Å². The second kappa shape index (κ2) is 12.7. The van der Waals surface area contributed by atoms with Gasteiger partial charge in [0, 0.05) is 43.8 Å². The summed E-state index contributed by atoms with van der Waals surface area (Å²) in [5.74, 6) is 0.643. The molecule has 2 N–H and O–H groups in total. The molecule has 0 aromatic heterocycles. The van der Waals surface area contributed by atoms with E-state index in [0.717, 1.165) is 45.7 Å². The predicted molar refractivity (Wildman–Crippen MR) is 133 cm³/mol. The number of benzene rings is 2. The highest BCUT2D eigenvalue weighted by atomic mass is 19.1. The van der Waals surface area contributed by atoms with Gasteiger partial charge in [0.05, 0.1) is 13.7 Å². The Morgan fingerprint density at radius 2 is 1.97 bits per heavy atom. The molecule has 2 amide bonds. The van der Waals surface area contributed by atoms with Crippen LogP contribution in [0.5, 0.6) is 17.2 Å². The van der Waals surface area contributed by atoms with Crippen LogP contribution in [0.1, 0.15) is 41.6 Å². The highest BCUT2D eigenvalue weighted by molar-refractivity contribution is 5.94. The van der Waals surface area contributed by atoms with Gasteiger partial charge in [0.2, 0.25) is 5.91 Å². The van der Waals surface area contributed by atoms with Crippen LogP contribution in [0.15, 0.2) is 36.4 Å². The first-order valence-electron chi connectivity index (χ1n) is 12.5. The standard InChI is InChI=1S/C27H34FN3O5/c1-34-25-15-20-8-9-24(25)36-23-6-2-5-22(28)21(23)16-30-26(32)7-3-12-31(13-4-11-29-27(20)33)17-19-10-14-35-18-19/h2,5-6,8-9,15,19H,3-4,7,10-14,16-18H2,1H3,(H,29,33)(H,30,32). The summed E-state index contributed by atoms with van der Waals surface area (Å²) in [6, 6.07) is 9.39. The number of hydrogen-bond acceptors (Lipinski definition) is 6. The average Bonchev–Trinajstić information content (AvgIpc) is 3.38. The van der Waals surface area contributed by atoms with Gasteiger partial charge in [-0.15, -0.1) is 0 Å². The van der Waals surface area contributed by atoms with Gasteiger partial charge in [0.25, 0.3) is 5.91 Å². The number of halogens is 1. The predicted octanol–water partition coefficient (Wildman–Crippen LogP) is 3.50. The lowest BCUT2D eigenvalue weighted by molar-refractivity contribution is -0.121. The smallest absolute Gasteiger partial charge is 0.251 e. The van der Waals surface area contributed by atoms with Crippen molar-refractivity contribution in [2.24, 2.45) is 5.92 Å². The highest BCUT2D eigenvalue weighted by Gasteiger charge is 2.20. The van der Waals surface area contributed by atoms with E-state index in [4.69, 9.17) is 14.2 Å². The molecule has 1 atom stereocenters. The topological polar surface area (TPSA) is 89.1 Å². The summed E-state index contributed by atoms with van der Waals surface area (Å²) in [6.45, 7) is 4.58. The zero-order valence-electron chi connectivity index (χ0n) is 20.7. The molecule has 5 rings (SSSR count). The van der Waals surface area contributed by atoms with Crippen LogP contribution >= 0.6 is 0 Å². The fourth-order valence-electron chi connectivity index (χ4n) is 4.55. The summed E-state index contributed by atoms with van der Waals surface area (Å²) in [7, 11) is 1.48. The van der Waals surface area contributed by atoms with Gasteiger partial charge in [-0.1, -0.05) is 6.07 Å². The number of ether oxygens (including phenoxy) is 3. The fourth-order valence-corrected chi connectivity index (χ4v) is 4.55. The van der Waals surface area contributed by atoms with Gasteiger partial charge < -0.3 is 29.7 Å². The summed E-state index contributed by atoms with van der Waals surface area (Å²) in [6.07, 6.45) is 2.86. The number of methoxy groups -OCH3 is 1. The van der Waals surface area contributed by atoms with Crippen molar-refractivity contribution in [3.63, 3.8) is 0 Å². The molecular formula is C27H34FN3O5. The molecule has 0 radical (unpaired) electrons. The molecule has 2 bridgehead atoms. The van der Waals surface area contributed by atoms with E-state index in [1.165, 1.54) is 13.2 Å². The Labute approximate surface area is 211 Å². The van der Waals surface area contributed by atoms with Crippen molar-refractivity contribution >= 4 is 11.8 Å². The molecule has 2 aromatic carbocycles. The molecule has 1 fully saturated rings. The second-order valence-electron chi connectivity index (χ2n) is 9.20. The number of hydrogen-bond donors (Lipinski definition) is 2. The van der Waals surface area contributed by atoms with Crippen molar-refractivity contribution in [1.82, 2.24) is 15.5 Å². The third-order valence-corrected chi connectivity index (χ3v) is 6.54. The Kier molecular flexibility index (Phi) is 9.13. The maximum atomic E-state index is 14.7. The van der Waals surface area contributed by atoms with Crippen LogP contribution in [0.4, 0.5) is 4.39 Å². The first-order valence-corrected chi connectivity index (χ1v) is 12.5. The minimum Gasteiger partial charge on any atom is -0.493 e. The zero-order chi connectivity index (χ0) is 25.3. The number of nitrogens with zero attached hydrogens (tertiary/aromatic N) is 1. The Hall–Kier alpha value is -3.17. The average molecular weight is 500 g/mol. The molecule has 0 aliphatic carbocycles. The van der Waals surface area contributed by atoms with Crippen molar-refractivity contribution in [3.8, 4) is 17.2 Å². The molecule has 0 saturated carbocycles. The van der Waals surface area contributed by atoms with Gasteiger partial charge in [0.1, 0.15) is 11.6 Å². The Bertz CT molecular complexity index is 1060. The molecule has 1 unspecified atom stereocenters. The van der Waals surface area contributed by atoms with Crippen LogP contribution in [-0.4, -0.2) is 63.2 Å². The first-order chi connectivity index (χ1) is 17.5. The number of nitrogens with one attached hydrogen (secondary N) is 2. The molecule has 3 aliphatic heterocycles. The van der Waals surface area contributed by atoms with Crippen LogP contribution in [0.3, 0.4) is 0 Å². The van der Waals surface area contributed by atoms with Crippen LogP contribution < -0.4 is 20.1 Å².